The second kappa shape index (κ2) is 6.17. The molecule has 0 aromatic heterocycles. The molecule has 1 N–H and O–H groups in total. The molecule has 0 aliphatic heterocycles. The van der Waals surface area contributed by atoms with E-state index in [4.69, 9.17) is 4.74 Å². The second-order valence-corrected chi connectivity index (χ2v) is 6.27. The molecule has 0 saturated heterocycles. The molecular formula is C12H20N2O3S. The normalized spacial score (nSPS) is 11.8. The molecule has 5 nitrogen and oxygen atoms in total. The molecule has 0 aliphatic carbocycles. The molecule has 1 rings (SSSR count). The van der Waals surface area contributed by atoms with Crippen LogP contribution in [0.3, 0.4) is 0 Å². The van der Waals surface area contributed by atoms with Crippen LogP contribution >= 0.6 is 0 Å². The maximum Gasteiger partial charge on any atom is 0.279 e. The highest BCUT2D eigenvalue weighted by atomic mass is 32.2. The first-order valence-electron chi connectivity index (χ1n) is 5.70. The number of hydrogen-bond donors (Lipinski definition) is 1. The predicted octanol–water partition coefficient (Wildman–Crippen LogP) is 1.08. The molecule has 0 fully saturated rings. The van der Waals surface area contributed by atoms with Crippen molar-refractivity contribution in [2.24, 2.45) is 0 Å². The first kappa shape index (κ1) is 14.9. The number of benzene rings is 1. The van der Waals surface area contributed by atoms with E-state index in [0.717, 1.165) is 15.6 Å². The van der Waals surface area contributed by atoms with Gasteiger partial charge in [-0.15, -0.1) is 0 Å². The zero-order chi connectivity index (χ0) is 13.8. The smallest absolute Gasteiger partial charge is 0.279 e. The lowest BCUT2D eigenvalue weighted by atomic mass is 10.1. The molecule has 0 radical (unpaired) electrons. The van der Waals surface area contributed by atoms with Crippen LogP contribution in [-0.2, 0) is 10.2 Å². The Kier molecular flexibility index (Phi) is 5.13. The minimum Gasteiger partial charge on any atom is -0.492 e. The summed E-state index contributed by atoms with van der Waals surface area (Å²) in [6.07, 6.45) is 0. The lowest BCUT2D eigenvalue weighted by molar-refractivity contribution is 0.319. The van der Waals surface area contributed by atoms with Crippen LogP contribution < -0.4 is 9.46 Å². The largest absolute Gasteiger partial charge is 0.492 e. The van der Waals surface area contributed by atoms with Crippen LogP contribution in [0.2, 0.25) is 0 Å². The zero-order valence-corrected chi connectivity index (χ0v) is 12.0. The summed E-state index contributed by atoms with van der Waals surface area (Å²) in [5.74, 6) is 0.782. The van der Waals surface area contributed by atoms with Gasteiger partial charge in [-0.05, 0) is 25.5 Å². The Morgan fingerprint density at radius 1 is 1.28 bits per heavy atom. The summed E-state index contributed by atoms with van der Waals surface area (Å²) < 4.78 is 31.9. The van der Waals surface area contributed by atoms with Crippen molar-refractivity contribution in [2.45, 2.75) is 13.8 Å². The lowest BCUT2D eigenvalue weighted by Gasteiger charge is -2.13. The molecule has 0 unspecified atom stereocenters. The standard InChI is InChI=1S/C12H20N2O3S/c1-10-5-6-12(11(2)9-10)17-8-7-13-18(15,16)14(3)4/h5-6,9,13H,7-8H2,1-4H3. The van der Waals surface area contributed by atoms with E-state index >= 15 is 0 Å². The molecule has 0 amide bonds. The van der Waals surface area contributed by atoms with Gasteiger partial charge in [0, 0.05) is 20.6 Å². The number of ether oxygens (including phenoxy) is 1. The van der Waals surface area contributed by atoms with Gasteiger partial charge in [0.2, 0.25) is 0 Å². The van der Waals surface area contributed by atoms with E-state index < -0.39 is 10.2 Å². The van der Waals surface area contributed by atoms with E-state index in [0.29, 0.717) is 6.61 Å². The van der Waals surface area contributed by atoms with E-state index in [1.165, 1.54) is 19.7 Å². The van der Waals surface area contributed by atoms with Crippen LogP contribution in [0.5, 0.6) is 5.75 Å². The molecule has 0 aliphatic rings. The molecule has 1 aromatic carbocycles. The van der Waals surface area contributed by atoms with Crippen LogP contribution in [0.1, 0.15) is 11.1 Å². The minimum absolute atomic E-state index is 0.244. The Balaban J connectivity index is 2.43. The Hall–Kier alpha value is -1.11. The van der Waals surface area contributed by atoms with Crippen molar-refractivity contribution in [3.05, 3.63) is 29.3 Å². The molecule has 0 saturated carbocycles. The minimum atomic E-state index is -3.37. The van der Waals surface area contributed by atoms with E-state index in [-0.39, 0.29) is 6.54 Å². The van der Waals surface area contributed by atoms with Crippen LogP contribution in [0, 0.1) is 13.8 Å². The fraction of sp³-hybridized carbons (Fsp3) is 0.500. The van der Waals surface area contributed by atoms with Gasteiger partial charge in [-0.3, -0.25) is 0 Å². The second-order valence-electron chi connectivity index (χ2n) is 4.30. The molecule has 1 aromatic rings. The van der Waals surface area contributed by atoms with E-state index in [1.807, 2.05) is 32.0 Å². The third-order valence-electron chi connectivity index (χ3n) is 2.46. The van der Waals surface area contributed by atoms with E-state index in [9.17, 15) is 8.42 Å². The third-order valence-corrected chi connectivity index (χ3v) is 3.99. The quantitative estimate of drug-likeness (QED) is 0.788. The highest BCUT2D eigenvalue weighted by Gasteiger charge is 2.11. The maximum atomic E-state index is 11.4. The number of rotatable bonds is 6. The zero-order valence-electron chi connectivity index (χ0n) is 11.2. The molecule has 102 valence electrons. The highest BCUT2D eigenvalue weighted by molar-refractivity contribution is 7.87. The average molecular weight is 272 g/mol. The molecular weight excluding hydrogens is 252 g/mol. The Morgan fingerprint density at radius 2 is 1.94 bits per heavy atom. The number of nitrogens with one attached hydrogen (secondary N) is 1. The molecule has 18 heavy (non-hydrogen) atoms. The summed E-state index contributed by atoms with van der Waals surface area (Å²) in [7, 11) is -0.407. The first-order valence-corrected chi connectivity index (χ1v) is 7.14. The van der Waals surface area contributed by atoms with Crippen LogP contribution in [0.15, 0.2) is 18.2 Å². The monoisotopic (exact) mass is 272 g/mol. The van der Waals surface area contributed by atoms with Crippen molar-refractivity contribution in [3.8, 4) is 5.75 Å². The summed E-state index contributed by atoms with van der Waals surface area (Å²) in [6.45, 7) is 4.53. The van der Waals surface area contributed by atoms with Gasteiger partial charge < -0.3 is 4.74 Å². The molecule has 0 bridgehead atoms. The van der Waals surface area contributed by atoms with Gasteiger partial charge in [0.25, 0.3) is 10.2 Å². The van der Waals surface area contributed by atoms with E-state index in [2.05, 4.69) is 4.72 Å². The van der Waals surface area contributed by atoms with Crippen LogP contribution in [-0.4, -0.2) is 40.0 Å². The first-order chi connectivity index (χ1) is 8.33. The van der Waals surface area contributed by atoms with Crippen molar-refractivity contribution in [2.75, 3.05) is 27.2 Å². The predicted molar refractivity (Wildman–Crippen MR) is 72.0 cm³/mol. The number of nitrogens with zero attached hydrogens (tertiary/aromatic N) is 1. The fourth-order valence-electron chi connectivity index (χ4n) is 1.42. The van der Waals surface area contributed by atoms with Crippen molar-refractivity contribution in [1.82, 2.24) is 9.03 Å². The summed E-state index contributed by atoms with van der Waals surface area (Å²) in [5.41, 5.74) is 2.22. The van der Waals surface area contributed by atoms with Crippen molar-refractivity contribution < 1.29 is 13.2 Å². The van der Waals surface area contributed by atoms with Gasteiger partial charge in [-0.25, -0.2) is 0 Å². The van der Waals surface area contributed by atoms with Crippen molar-refractivity contribution in [3.63, 3.8) is 0 Å². The van der Waals surface area contributed by atoms with Gasteiger partial charge in [-0.2, -0.15) is 17.4 Å². The third kappa shape index (κ3) is 4.29. The summed E-state index contributed by atoms with van der Waals surface area (Å²) in [6, 6.07) is 5.89. The molecule has 0 atom stereocenters. The van der Waals surface area contributed by atoms with E-state index in [1.54, 1.807) is 0 Å². The van der Waals surface area contributed by atoms with Crippen molar-refractivity contribution in [1.29, 1.82) is 0 Å². The Bertz CT molecular complexity index is 498. The summed E-state index contributed by atoms with van der Waals surface area (Å²) >= 11 is 0. The number of aryl methyl sites for hydroxylation is 2. The van der Waals surface area contributed by atoms with Gasteiger partial charge in [0.1, 0.15) is 12.4 Å². The van der Waals surface area contributed by atoms with Gasteiger partial charge in [0.05, 0.1) is 0 Å². The average Bonchev–Trinajstić information content (AvgIpc) is 2.26. The maximum absolute atomic E-state index is 11.4. The molecule has 0 spiro atoms. The molecule has 6 heteroatoms. The van der Waals surface area contributed by atoms with Crippen molar-refractivity contribution >= 4 is 10.2 Å². The lowest BCUT2D eigenvalue weighted by Crippen LogP contribution is -2.37. The summed E-state index contributed by atoms with van der Waals surface area (Å²) in [4.78, 5) is 0. The Labute approximate surface area is 109 Å². The number of hydrogen-bond acceptors (Lipinski definition) is 3. The van der Waals surface area contributed by atoms with Gasteiger partial charge in [-0.1, -0.05) is 17.7 Å². The SMILES string of the molecule is Cc1ccc(OCCNS(=O)(=O)N(C)C)c(C)c1. The van der Waals surface area contributed by atoms with Gasteiger partial charge in [0.15, 0.2) is 0 Å². The fourth-order valence-corrected chi connectivity index (χ4v) is 2.02. The Morgan fingerprint density at radius 3 is 2.50 bits per heavy atom. The van der Waals surface area contributed by atoms with Crippen LogP contribution in [0.25, 0.3) is 0 Å². The van der Waals surface area contributed by atoms with Crippen LogP contribution in [0.4, 0.5) is 0 Å². The summed E-state index contributed by atoms with van der Waals surface area (Å²) in [5, 5.41) is 0. The molecule has 0 heterocycles. The topological polar surface area (TPSA) is 58.6 Å². The van der Waals surface area contributed by atoms with Gasteiger partial charge >= 0.3 is 0 Å². The highest BCUT2D eigenvalue weighted by Crippen LogP contribution is 2.18.